The third kappa shape index (κ3) is 3.54. The minimum Gasteiger partial charge on any atom is -0.368 e. The zero-order chi connectivity index (χ0) is 17.1. The number of hydrogen-bond acceptors (Lipinski definition) is 3. The van der Waals surface area contributed by atoms with Crippen LogP contribution in [0.2, 0.25) is 5.02 Å². The molecule has 1 aromatic carbocycles. The Balaban J connectivity index is 1.61. The monoisotopic (exact) mass is 346 g/mol. The molecule has 7 heteroatoms. The first kappa shape index (κ1) is 16.4. The highest BCUT2D eigenvalue weighted by molar-refractivity contribution is 6.30. The summed E-state index contributed by atoms with van der Waals surface area (Å²) >= 11 is 6.03. The maximum Gasteiger partial charge on any atom is 0.322 e. The molecule has 126 valence electrons. The first-order valence-electron chi connectivity index (χ1n) is 7.77. The third-order valence-electron chi connectivity index (χ3n) is 4.11. The number of carbonyl (C=O) groups excluding carboxylic acids is 1. The van der Waals surface area contributed by atoms with E-state index in [9.17, 15) is 9.59 Å². The standard InChI is InChI=1S/C17H19ClN4O2/c1-20-7-3-6-15(16(20)23)19-17(24)22-10-8-21(9-11-22)14-5-2-4-13(18)12-14/h2-7,12H,8-11H2,1H3,(H,19,24). The molecule has 1 fully saturated rings. The summed E-state index contributed by atoms with van der Waals surface area (Å²) < 4.78 is 1.44. The van der Waals surface area contributed by atoms with Gasteiger partial charge in [0.15, 0.2) is 0 Å². The van der Waals surface area contributed by atoms with Gasteiger partial charge in [-0.05, 0) is 30.3 Å². The van der Waals surface area contributed by atoms with Crippen LogP contribution in [0.1, 0.15) is 0 Å². The summed E-state index contributed by atoms with van der Waals surface area (Å²) in [5.74, 6) is 0. The lowest BCUT2D eigenvalue weighted by Gasteiger charge is -2.36. The van der Waals surface area contributed by atoms with Crippen molar-refractivity contribution in [1.82, 2.24) is 9.47 Å². The van der Waals surface area contributed by atoms with E-state index in [1.165, 1.54) is 4.57 Å². The molecule has 3 rings (SSSR count). The first-order chi connectivity index (χ1) is 11.5. The van der Waals surface area contributed by atoms with Crippen LogP contribution in [0.4, 0.5) is 16.2 Å². The fourth-order valence-corrected chi connectivity index (χ4v) is 2.91. The number of nitrogens with zero attached hydrogens (tertiary/aromatic N) is 3. The molecule has 0 aliphatic carbocycles. The van der Waals surface area contributed by atoms with Crippen LogP contribution in [0.3, 0.4) is 0 Å². The van der Waals surface area contributed by atoms with Crippen LogP contribution in [0.25, 0.3) is 0 Å². The molecular formula is C17H19ClN4O2. The average molecular weight is 347 g/mol. The number of aryl methyl sites for hydroxylation is 1. The Bertz CT molecular complexity index is 797. The van der Waals surface area contributed by atoms with Crippen LogP contribution in [0.15, 0.2) is 47.4 Å². The third-order valence-corrected chi connectivity index (χ3v) is 4.34. The number of urea groups is 1. The lowest BCUT2D eigenvalue weighted by atomic mass is 10.2. The van der Waals surface area contributed by atoms with Crippen molar-refractivity contribution >= 4 is 29.0 Å². The van der Waals surface area contributed by atoms with Gasteiger partial charge in [0, 0.05) is 50.1 Å². The van der Waals surface area contributed by atoms with E-state index in [0.29, 0.717) is 23.8 Å². The molecule has 1 aromatic heterocycles. The van der Waals surface area contributed by atoms with Crippen LogP contribution in [0.5, 0.6) is 0 Å². The summed E-state index contributed by atoms with van der Waals surface area (Å²) in [6.45, 7) is 2.62. The van der Waals surface area contributed by atoms with E-state index in [1.807, 2.05) is 24.3 Å². The number of nitrogens with one attached hydrogen (secondary N) is 1. The Morgan fingerprint density at radius 3 is 2.58 bits per heavy atom. The minimum atomic E-state index is -0.246. The van der Waals surface area contributed by atoms with Crippen LogP contribution in [-0.2, 0) is 7.05 Å². The predicted octanol–water partition coefficient (Wildman–Crippen LogP) is 2.39. The SMILES string of the molecule is Cn1cccc(NC(=O)N2CCN(c3cccc(Cl)c3)CC2)c1=O. The second kappa shape index (κ2) is 6.97. The van der Waals surface area contributed by atoms with Gasteiger partial charge < -0.3 is 19.7 Å². The number of amides is 2. The van der Waals surface area contributed by atoms with Gasteiger partial charge in [0.2, 0.25) is 0 Å². The molecule has 1 N–H and O–H groups in total. The highest BCUT2D eigenvalue weighted by Gasteiger charge is 2.22. The molecule has 2 heterocycles. The van der Waals surface area contributed by atoms with Gasteiger partial charge in [0.1, 0.15) is 5.69 Å². The van der Waals surface area contributed by atoms with Gasteiger partial charge in [-0.3, -0.25) is 4.79 Å². The highest BCUT2D eigenvalue weighted by Crippen LogP contribution is 2.20. The number of aromatic nitrogens is 1. The molecular weight excluding hydrogens is 328 g/mol. The first-order valence-corrected chi connectivity index (χ1v) is 8.14. The molecule has 0 bridgehead atoms. The van der Waals surface area contributed by atoms with Gasteiger partial charge in [-0.25, -0.2) is 4.79 Å². The van der Waals surface area contributed by atoms with E-state index >= 15 is 0 Å². The van der Waals surface area contributed by atoms with Gasteiger partial charge in [0.25, 0.3) is 5.56 Å². The summed E-state index contributed by atoms with van der Waals surface area (Å²) in [4.78, 5) is 28.2. The Morgan fingerprint density at radius 1 is 1.12 bits per heavy atom. The van der Waals surface area contributed by atoms with Crippen molar-refractivity contribution in [3.8, 4) is 0 Å². The zero-order valence-corrected chi connectivity index (χ0v) is 14.2. The lowest BCUT2D eigenvalue weighted by molar-refractivity contribution is 0.208. The molecule has 1 aliphatic rings. The summed E-state index contributed by atoms with van der Waals surface area (Å²) in [6.07, 6.45) is 1.65. The fourth-order valence-electron chi connectivity index (χ4n) is 2.73. The minimum absolute atomic E-state index is 0.219. The number of benzene rings is 1. The molecule has 0 saturated carbocycles. The van der Waals surface area contributed by atoms with Crippen LogP contribution < -0.4 is 15.8 Å². The highest BCUT2D eigenvalue weighted by atomic mass is 35.5. The summed E-state index contributed by atoms with van der Waals surface area (Å²) in [7, 11) is 1.65. The molecule has 6 nitrogen and oxygen atoms in total. The summed E-state index contributed by atoms with van der Waals surface area (Å²) in [5.41, 5.74) is 1.13. The second-order valence-electron chi connectivity index (χ2n) is 5.72. The molecule has 0 radical (unpaired) electrons. The number of carbonyl (C=O) groups is 1. The van der Waals surface area contributed by atoms with Crippen LogP contribution in [-0.4, -0.2) is 41.7 Å². The predicted molar refractivity (Wildman–Crippen MR) is 95.9 cm³/mol. The van der Waals surface area contributed by atoms with Gasteiger partial charge in [0.05, 0.1) is 0 Å². The Kier molecular flexibility index (Phi) is 4.76. The Morgan fingerprint density at radius 2 is 1.88 bits per heavy atom. The number of pyridine rings is 1. The average Bonchev–Trinajstić information content (AvgIpc) is 2.59. The largest absolute Gasteiger partial charge is 0.368 e. The summed E-state index contributed by atoms with van der Waals surface area (Å²) in [6, 6.07) is 10.8. The normalized spacial score (nSPS) is 14.6. The van der Waals surface area contributed by atoms with E-state index in [4.69, 9.17) is 11.6 Å². The molecule has 2 amide bonds. The molecule has 1 saturated heterocycles. The second-order valence-corrected chi connectivity index (χ2v) is 6.16. The van der Waals surface area contributed by atoms with Crippen molar-refractivity contribution in [3.05, 3.63) is 58.0 Å². The van der Waals surface area contributed by atoms with Gasteiger partial charge in [-0.1, -0.05) is 17.7 Å². The number of hydrogen-bond donors (Lipinski definition) is 1. The smallest absolute Gasteiger partial charge is 0.322 e. The zero-order valence-electron chi connectivity index (χ0n) is 13.4. The van der Waals surface area contributed by atoms with E-state index in [1.54, 1.807) is 30.3 Å². The van der Waals surface area contributed by atoms with Crippen molar-refractivity contribution in [2.45, 2.75) is 0 Å². The Hall–Kier alpha value is -2.47. The van der Waals surface area contributed by atoms with Gasteiger partial charge in [-0.15, -0.1) is 0 Å². The maximum atomic E-state index is 12.4. The molecule has 0 spiro atoms. The van der Waals surface area contributed by atoms with E-state index in [-0.39, 0.29) is 11.6 Å². The summed E-state index contributed by atoms with van der Waals surface area (Å²) in [5, 5.41) is 3.40. The van der Waals surface area contributed by atoms with E-state index < -0.39 is 0 Å². The van der Waals surface area contributed by atoms with Crippen molar-refractivity contribution in [1.29, 1.82) is 0 Å². The van der Waals surface area contributed by atoms with Crippen molar-refractivity contribution in [2.24, 2.45) is 7.05 Å². The number of halogens is 1. The molecule has 0 atom stereocenters. The molecule has 24 heavy (non-hydrogen) atoms. The number of anilines is 2. The van der Waals surface area contributed by atoms with Crippen LogP contribution >= 0.6 is 11.6 Å². The van der Waals surface area contributed by atoms with Crippen molar-refractivity contribution in [2.75, 3.05) is 36.4 Å². The van der Waals surface area contributed by atoms with Crippen molar-refractivity contribution in [3.63, 3.8) is 0 Å². The Labute approximate surface area is 145 Å². The van der Waals surface area contributed by atoms with Gasteiger partial charge >= 0.3 is 6.03 Å². The van der Waals surface area contributed by atoms with Crippen LogP contribution in [0, 0.1) is 0 Å². The van der Waals surface area contributed by atoms with E-state index in [0.717, 1.165) is 18.8 Å². The topological polar surface area (TPSA) is 57.6 Å². The lowest BCUT2D eigenvalue weighted by Crippen LogP contribution is -2.50. The number of rotatable bonds is 2. The molecule has 2 aromatic rings. The molecule has 1 aliphatic heterocycles. The fraction of sp³-hybridized carbons (Fsp3) is 0.294. The molecule has 0 unspecified atom stereocenters. The number of piperazine rings is 1. The van der Waals surface area contributed by atoms with Gasteiger partial charge in [-0.2, -0.15) is 0 Å². The van der Waals surface area contributed by atoms with E-state index in [2.05, 4.69) is 10.2 Å². The quantitative estimate of drug-likeness (QED) is 0.908. The van der Waals surface area contributed by atoms with Crippen molar-refractivity contribution < 1.29 is 4.79 Å². The maximum absolute atomic E-state index is 12.4.